The third-order valence-electron chi connectivity index (χ3n) is 3.65. The normalized spacial score (nSPS) is 20.7. The Morgan fingerprint density at radius 1 is 1.35 bits per heavy atom. The molecule has 1 aromatic heterocycles. The summed E-state index contributed by atoms with van der Waals surface area (Å²) in [5.74, 6) is 0. The van der Waals surface area contributed by atoms with Crippen LogP contribution in [0.1, 0.15) is 44.1 Å². The molecule has 2 rings (SSSR count). The molecule has 112 valence electrons. The summed E-state index contributed by atoms with van der Waals surface area (Å²) in [6.45, 7) is 7.12. The second-order valence-electron chi connectivity index (χ2n) is 4.95. The van der Waals surface area contributed by atoms with Crippen LogP contribution < -0.4 is 0 Å². The first-order valence-electron chi connectivity index (χ1n) is 7.06. The molecule has 0 aromatic carbocycles. The van der Waals surface area contributed by atoms with Gasteiger partial charge in [0, 0.05) is 25.8 Å². The quantitative estimate of drug-likeness (QED) is 0.826. The summed E-state index contributed by atoms with van der Waals surface area (Å²) in [4.78, 5) is 8.58. The first-order valence-corrected chi connectivity index (χ1v) is 8.45. The number of aromatic nitrogens is 2. The van der Waals surface area contributed by atoms with Crippen LogP contribution in [0.15, 0.2) is 12.4 Å². The van der Waals surface area contributed by atoms with Crippen molar-refractivity contribution in [3.05, 3.63) is 23.8 Å². The summed E-state index contributed by atoms with van der Waals surface area (Å²) >= 11 is 0. The predicted octanol–water partition coefficient (Wildman–Crippen LogP) is 1.51. The van der Waals surface area contributed by atoms with E-state index in [2.05, 4.69) is 9.97 Å². The molecular weight excluding hydrogens is 276 g/mol. The smallest absolute Gasteiger partial charge is 0.261 e. The Morgan fingerprint density at radius 3 is 2.65 bits per heavy atom. The van der Waals surface area contributed by atoms with Crippen molar-refractivity contribution in [2.75, 3.05) is 19.6 Å². The minimum atomic E-state index is -3.41. The molecule has 20 heavy (non-hydrogen) atoms. The lowest BCUT2D eigenvalue weighted by Crippen LogP contribution is -2.43. The number of nitrogens with zero attached hydrogens (tertiary/aromatic N) is 4. The molecule has 0 bridgehead atoms. The van der Waals surface area contributed by atoms with Crippen LogP contribution >= 0.6 is 0 Å². The van der Waals surface area contributed by atoms with Gasteiger partial charge in [-0.25, -0.2) is 0 Å². The molecule has 0 unspecified atom stereocenters. The van der Waals surface area contributed by atoms with Gasteiger partial charge in [0.25, 0.3) is 10.2 Å². The van der Waals surface area contributed by atoms with Crippen LogP contribution in [-0.4, -0.2) is 46.6 Å². The van der Waals surface area contributed by atoms with E-state index in [4.69, 9.17) is 0 Å². The molecule has 0 N–H and O–H groups in total. The van der Waals surface area contributed by atoms with Crippen LogP contribution in [-0.2, 0) is 10.2 Å². The van der Waals surface area contributed by atoms with E-state index in [0.29, 0.717) is 19.6 Å². The molecule has 0 spiro atoms. The van der Waals surface area contributed by atoms with E-state index in [9.17, 15) is 8.42 Å². The summed E-state index contributed by atoms with van der Waals surface area (Å²) in [7, 11) is -3.41. The fraction of sp³-hybridized carbons (Fsp3) is 0.692. The van der Waals surface area contributed by atoms with Crippen molar-refractivity contribution in [2.45, 2.75) is 39.7 Å². The first-order chi connectivity index (χ1) is 9.50. The summed E-state index contributed by atoms with van der Waals surface area (Å²) < 4.78 is 28.4. The zero-order valence-electron chi connectivity index (χ0n) is 12.3. The molecular formula is C13H22N4O2S. The van der Waals surface area contributed by atoms with Gasteiger partial charge < -0.3 is 0 Å². The van der Waals surface area contributed by atoms with Gasteiger partial charge in [0.15, 0.2) is 0 Å². The minimum absolute atomic E-state index is 0.187. The van der Waals surface area contributed by atoms with Gasteiger partial charge >= 0.3 is 0 Å². The van der Waals surface area contributed by atoms with Gasteiger partial charge in [-0.05, 0) is 19.8 Å². The van der Waals surface area contributed by atoms with E-state index in [-0.39, 0.29) is 6.04 Å². The average Bonchev–Trinajstić information content (AvgIpc) is 2.89. The van der Waals surface area contributed by atoms with Crippen molar-refractivity contribution in [1.29, 1.82) is 0 Å². The summed E-state index contributed by atoms with van der Waals surface area (Å²) in [5.41, 5.74) is 1.56. The van der Waals surface area contributed by atoms with Crippen molar-refractivity contribution < 1.29 is 8.42 Å². The van der Waals surface area contributed by atoms with Crippen molar-refractivity contribution >= 4 is 10.2 Å². The molecule has 0 amide bonds. The maximum atomic E-state index is 12.7. The molecule has 0 saturated carbocycles. The Bertz CT molecular complexity index is 557. The highest BCUT2D eigenvalue weighted by Crippen LogP contribution is 2.34. The van der Waals surface area contributed by atoms with E-state index in [0.717, 1.165) is 24.2 Å². The second kappa shape index (κ2) is 6.15. The standard InChI is InChI=1S/C13H22N4O2S/c1-4-16(5-2)20(18,19)17-8-6-7-13(17)12-10-14-9-11(3)15-12/h9-10,13H,4-8H2,1-3H3/t13-/m0/s1. The van der Waals surface area contributed by atoms with Crippen molar-refractivity contribution in [2.24, 2.45) is 0 Å². The predicted molar refractivity (Wildman–Crippen MR) is 77.3 cm³/mol. The summed E-state index contributed by atoms with van der Waals surface area (Å²) in [6, 6.07) is -0.187. The van der Waals surface area contributed by atoms with Crippen molar-refractivity contribution in [3.8, 4) is 0 Å². The molecule has 6 nitrogen and oxygen atoms in total. The number of rotatable bonds is 5. The highest BCUT2D eigenvalue weighted by molar-refractivity contribution is 7.86. The van der Waals surface area contributed by atoms with Crippen LogP contribution in [0, 0.1) is 6.92 Å². The van der Waals surface area contributed by atoms with Gasteiger partial charge in [-0.3, -0.25) is 9.97 Å². The maximum absolute atomic E-state index is 12.7. The van der Waals surface area contributed by atoms with Crippen LogP contribution in [0.3, 0.4) is 0 Å². The van der Waals surface area contributed by atoms with E-state index in [1.165, 1.54) is 4.31 Å². The van der Waals surface area contributed by atoms with Gasteiger partial charge in [-0.1, -0.05) is 13.8 Å². The lowest BCUT2D eigenvalue weighted by molar-refractivity contribution is 0.334. The van der Waals surface area contributed by atoms with Gasteiger partial charge in [0.2, 0.25) is 0 Å². The third-order valence-corrected chi connectivity index (χ3v) is 5.85. The fourth-order valence-corrected chi connectivity index (χ4v) is 4.50. The van der Waals surface area contributed by atoms with E-state index in [1.54, 1.807) is 16.7 Å². The number of aryl methyl sites for hydroxylation is 1. The molecule has 2 heterocycles. The van der Waals surface area contributed by atoms with Crippen LogP contribution in [0.4, 0.5) is 0 Å². The van der Waals surface area contributed by atoms with Crippen LogP contribution in [0.2, 0.25) is 0 Å². The second-order valence-corrected chi connectivity index (χ2v) is 6.83. The first kappa shape index (κ1) is 15.3. The van der Waals surface area contributed by atoms with Crippen LogP contribution in [0.25, 0.3) is 0 Å². The maximum Gasteiger partial charge on any atom is 0.282 e. The van der Waals surface area contributed by atoms with Crippen molar-refractivity contribution in [1.82, 2.24) is 18.6 Å². The molecule has 1 aliphatic heterocycles. The van der Waals surface area contributed by atoms with E-state index >= 15 is 0 Å². The molecule has 1 saturated heterocycles. The summed E-state index contributed by atoms with van der Waals surface area (Å²) in [6.07, 6.45) is 5.02. The highest BCUT2D eigenvalue weighted by Gasteiger charge is 2.38. The Labute approximate surface area is 121 Å². The summed E-state index contributed by atoms with van der Waals surface area (Å²) in [5, 5.41) is 0. The van der Waals surface area contributed by atoms with Crippen LogP contribution in [0.5, 0.6) is 0 Å². The molecule has 0 aliphatic carbocycles. The lowest BCUT2D eigenvalue weighted by atomic mass is 10.2. The molecule has 7 heteroatoms. The minimum Gasteiger partial charge on any atom is -0.261 e. The zero-order valence-corrected chi connectivity index (χ0v) is 13.1. The largest absolute Gasteiger partial charge is 0.282 e. The Balaban J connectivity index is 2.32. The van der Waals surface area contributed by atoms with Crippen molar-refractivity contribution in [3.63, 3.8) is 0 Å². The molecule has 1 aromatic rings. The van der Waals surface area contributed by atoms with Gasteiger partial charge in [0.1, 0.15) is 0 Å². The molecule has 0 radical (unpaired) electrons. The van der Waals surface area contributed by atoms with Gasteiger partial charge in [-0.15, -0.1) is 0 Å². The topological polar surface area (TPSA) is 66.4 Å². The Morgan fingerprint density at radius 2 is 2.05 bits per heavy atom. The lowest BCUT2D eigenvalue weighted by Gasteiger charge is -2.29. The van der Waals surface area contributed by atoms with E-state index < -0.39 is 10.2 Å². The Hall–Kier alpha value is -1.05. The van der Waals surface area contributed by atoms with E-state index in [1.807, 2.05) is 20.8 Å². The van der Waals surface area contributed by atoms with Gasteiger partial charge in [-0.2, -0.15) is 17.0 Å². The zero-order chi connectivity index (χ0) is 14.8. The number of hydrogen-bond donors (Lipinski definition) is 0. The highest BCUT2D eigenvalue weighted by atomic mass is 32.2. The fourth-order valence-electron chi connectivity index (χ4n) is 2.65. The van der Waals surface area contributed by atoms with Gasteiger partial charge in [0.05, 0.1) is 23.6 Å². The average molecular weight is 298 g/mol. The SMILES string of the molecule is CCN(CC)S(=O)(=O)N1CCC[C@H]1c1cncc(C)n1. The molecule has 1 aliphatic rings. The third kappa shape index (κ3) is 2.84. The number of hydrogen-bond acceptors (Lipinski definition) is 4. The monoisotopic (exact) mass is 298 g/mol. The Kier molecular flexibility index (Phi) is 4.72. The molecule has 1 fully saturated rings. The molecule has 1 atom stereocenters.